The number of hydrogen-bond acceptors (Lipinski definition) is 3. The Morgan fingerprint density at radius 2 is 1.95 bits per heavy atom. The minimum atomic E-state index is -1.03. The predicted molar refractivity (Wildman–Crippen MR) is 75.6 cm³/mol. The van der Waals surface area contributed by atoms with Gasteiger partial charge in [-0.3, -0.25) is 9.59 Å². The number of rotatable bonds is 5. The fourth-order valence-electron chi connectivity index (χ4n) is 2.03. The van der Waals surface area contributed by atoms with Gasteiger partial charge in [-0.1, -0.05) is 26.8 Å². The third-order valence-corrected chi connectivity index (χ3v) is 2.94. The average molecular weight is 297 g/mol. The number of halogens is 1. The molecular weight excluding hydrogens is 277 g/mol. The van der Waals surface area contributed by atoms with Crippen LogP contribution in [-0.2, 0) is 4.79 Å². The lowest BCUT2D eigenvalue weighted by atomic mass is 9.84. The van der Waals surface area contributed by atoms with E-state index in [4.69, 9.17) is 5.11 Å². The number of aromatic hydroxyl groups is 1. The predicted octanol–water partition coefficient (Wildman–Crippen LogP) is 2.40. The van der Waals surface area contributed by atoms with Crippen LogP contribution in [0.15, 0.2) is 18.2 Å². The Hall–Kier alpha value is -2.11. The summed E-state index contributed by atoms with van der Waals surface area (Å²) in [5, 5.41) is 21.0. The molecule has 0 saturated heterocycles. The molecule has 0 radical (unpaired) electrons. The first-order chi connectivity index (χ1) is 9.61. The number of benzene rings is 1. The molecule has 1 aromatic carbocycles. The number of carbonyl (C=O) groups is 2. The largest absolute Gasteiger partial charge is 0.507 e. The van der Waals surface area contributed by atoms with Gasteiger partial charge in [-0.2, -0.15) is 0 Å². The maximum atomic E-state index is 13.5. The average Bonchev–Trinajstić information content (AvgIpc) is 2.32. The summed E-state index contributed by atoms with van der Waals surface area (Å²) in [6, 6.07) is 3.53. The van der Waals surface area contributed by atoms with Crippen LogP contribution in [0, 0.1) is 17.2 Å². The van der Waals surface area contributed by atoms with Crippen molar-refractivity contribution >= 4 is 11.9 Å². The highest BCUT2D eigenvalue weighted by molar-refractivity contribution is 5.97. The topological polar surface area (TPSA) is 86.6 Å². The minimum absolute atomic E-state index is 0.126. The SMILES string of the molecule is CC(C)(C)CC(CNC(=O)c1c(O)cccc1F)C(=O)O. The molecule has 3 N–H and O–H groups in total. The summed E-state index contributed by atoms with van der Waals surface area (Å²) in [5.41, 5.74) is -0.689. The molecule has 0 bridgehead atoms. The second-order valence-electron chi connectivity index (χ2n) is 6.14. The Morgan fingerprint density at radius 3 is 2.43 bits per heavy atom. The molecule has 21 heavy (non-hydrogen) atoms. The van der Waals surface area contributed by atoms with E-state index in [1.807, 2.05) is 20.8 Å². The molecule has 1 rings (SSSR count). The molecule has 5 nitrogen and oxygen atoms in total. The van der Waals surface area contributed by atoms with Crippen molar-refractivity contribution in [2.45, 2.75) is 27.2 Å². The molecule has 1 atom stereocenters. The smallest absolute Gasteiger partial charge is 0.308 e. The van der Waals surface area contributed by atoms with Crippen LogP contribution in [0.2, 0.25) is 0 Å². The number of aliphatic carboxylic acids is 1. The summed E-state index contributed by atoms with van der Waals surface area (Å²) in [5.74, 6) is -3.96. The zero-order chi connectivity index (χ0) is 16.2. The van der Waals surface area contributed by atoms with Gasteiger partial charge in [0.25, 0.3) is 5.91 Å². The molecule has 0 saturated carbocycles. The monoisotopic (exact) mass is 297 g/mol. The number of carboxylic acid groups (broad SMARTS) is 1. The number of phenols is 1. The van der Waals surface area contributed by atoms with Crippen molar-refractivity contribution in [1.29, 1.82) is 0 Å². The zero-order valence-electron chi connectivity index (χ0n) is 12.3. The molecule has 6 heteroatoms. The van der Waals surface area contributed by atoms with Crippen LogP contribution in [0.3, 0.4) is 0 Å². The molecule has 0 spiro atoms. The molecule has 116 valence electrons. The Labute approximate surface area is 122 Å². The molecule has 1 unspecified atom stereocenters. The summed E-state index contributed by atoms with van der Waals surface area (Å²) in [4.78, 5) is 23.1. The fourth-order valence-corrected chi connectivity index (χ4v) is 2.03. The molecule has 0 aliphatic rings. The van der Waals surface area contributed by atoms with Crippen LogP contribution < -0.4 is 5.32 Å². The molecular formula is C15H20FNO4. The van der Waals surface area contributed by atoms with Crippen LogP contribution in [0.4, 0.5) is 4.39 Å². The van der Waals surface area contributed by atoms with Gasteiger partial charge in [-0.05, 0) is 24.0 Å². The Morgan fingerprint density at radius 1 is 1.33 bits per heavy atom. The summed E-state index contributed by atoms with van der Waals surface area (Å²) >= 11 is 0. The van der Waals surface area contributed by atoms with Crippen molar-refractivity contribution in [3.05, 3.63) is 29.6 Å². The standard InChI is InChI=1S/C15H20FNO4/c1-15(2,3)7-9(14(20)21)8-17-13(19)12-10(16)5-4-6-11(12)18/h4-6,9,18H,7-8H2,1-3H3,(H,17,19)(H,20,21). The van der Waals surface area contributed by atoms with Crippen LogP contribution in [0.25, 0.3) is 0 Å². The van der Waals surface area contributed by atoms with Crippen LogP contribution >= 0.6 is 0 Å². The third-order valence-electron chi connectivity index (χ3n) is 2.94. The van der Waals surface area contributed by atoms with E-state index < -0.39 is 34.9 Å². The van der Waals surface area contributed by atoms with Gasteiger partial charge in [0.2, 0.25) is 0 Å². The Bertz CT molecular complexity index is 517. The van der Waals surface area contributed by atoms with E-state index in [9.17, 15) is 19.1 Å². The second-order valence-corrected chi connectivity index (χ2v) is 6.14. The fraction of sp³-hybridized carbons (Fsp3) is 0.467. The van der Waals surface area contributed by atoms with Gasteiger partial charge in [0, 0.05) is 6.54 Å². The number of amides is 1. The van der Waals surface area contributed by atoms with Gasteiger partial charge in [0.15, 0.2) is 0 Å². The van der Waals surface area contributed by atoms with Gasteiger partial charge in [-0.25, -0.2) is 4.39 Å². The summed E-state index contributed by atoms with van der Waals surface area (Å²) in [7, 11) is 0. The van der Waals surface area contributed by atoms with Gasteiger partial charge in [0.1, 0.15) is 17.1 Å². The van der Waals surface area contributed by atoms with E-state index in [1.165, 1.54) is 12.1 Å². The highest BCUT2D eigenvalue weighted by Crippen LogP contribution is 2.25. The van der Waals surface area contributed by atoms with E-state index in [-0.39, 0.29) is 12.0 Å². The van der Waals surface area contributed by atoms with Crippen LogP contribution in [0.1, 0.15) is 37.6 Å². The minimum Gasteiger partial charge on any atom is -0.507 e. The molecule has 1 amide bonds. The molecule has 1 aromatic rings. The Kier molecular flexibility index (Phi) is 5.29. The van der Waals surface area contributed by atoms with E-state index in [0.29, 0.717) is 6.42 Å². The highest BCUT2D eigenvalue weighted by Gasteiger charge is 2.26. The highest BCUT2D eigenvalue weighted by atomic mass is 19.1. The summed E-state index contributed by atoms with van der Waals surface area (Å²) in [6.45, 7) is 5.56. The quantitative estimate of drug-likeness (QED) is 0.779. The van der Waals surface area contributed by atoms with Crippen molar-refractivity contribution < 1.29 is 24.2 Å². The number of carbonyl (C=O) groups excluding carboxylic acids is 1. The van der Waals surface area contributed by atoms with E-state index in [2.05, 4.69) is 5.32 Å². The first-order valence-electron chi connectivity index (χ1n) is 6.60. The molecule has 0 fully saturated rings. The first kappa shape index (κ1) is 16.9. The molecule has 0 heterocycles. The maximum Gasteiger partial charge on any atom is 0.308 e. The lowest BCUT2D eigenvalue weighted by Crippen LogP contribution is -2.35. The van der Waals surface area contributed by atoms with Crippen molar-refractivity contribution in [3.63, 3.8) is 0 Å². The van der Waals surface area contributed by atoms with E-state index in [0.717, 1.165) is 6.07 Å². The van der Waals surface area contributed by atoms with Crippen molar-refractivity contribution in [3.8, 4) is 5.75 Å². The summed E-state index contributed by atoms with van der Waals surface area (Å²) in [6.07, 6.45) is 0.367. The zero-order valence-corrected chi connectivity index (χ0v) is 12.3. The van der Waals surface area contributed by atoms with Crippen LogP contribution in [-0.4, -0.2) is 28.6 Å². The van der Waals surface area contributed by atoms with Gasteiger partial charge in [0.05, 0.1) is 5.92 Å². The number of phenolic OH excluding ortho intramolecular Hbond substituents is 1. The second kappa shape index (κ2) is 6.56. The van der Waals surface area contributed by atoms with Gasteiger partial charge >= 0.3 is 5.97 Å². The van der Waals surface area contributed by atoms with Crippen molar-refractivity contribution in [1.82, 2.24) is 5.32 Å². The lowest BCUT2D eigenvalue weighted by molar-refractivity contribution is -0.142. The number of nitrogens with one attached hydrogen (secondary N) is 1. The van der Waals surface area contributed by atoms with Crippen LogP contribution in [0.5, 0.6) is 5.75 Å². The molecule has 0 aromatic heterocycles. The van der Waals surface area contributed by atoms with Gasteiger partial charge < -0.3 is 15.5 Å². The van der Waals surface area contributed by atoms with E-state index >= 15 is 0 Å². The first-order valence-corrected chi connectivity index (χ1v) is 6.60. The van der Waals surface area contributed by atoms with E-state index in [1.54, 1.807) is 0 Å². The lowest BCUT2D eigenvalue weighted by Gasteiger charge is -2.23. The normalized spacial score (nSPS) is 12.8. The third kappa shape index (κ3) is 5.06. The van der Waals surface area contributed by atoms with Crippen molar-refractivity contribution in [2.75, 3.05) is 6.54 Å². The van der Waals surface area contributed by atoms with Crippen molar-refractivity contribution in [2.24, 2.45) is 11.3 Å². The molecule has 0 aliphatic carbocycles. The summed E-state index contributed by atoms with van der Waals surface area (Å²) < 4.78 is 13.5. The maximum absolute atomic E-state index is 13.5. The Balaban J connectivity index is 2.77. The number of hydrogen-bond donors (Lipinski definition) is 3. The molecule has 0 aliphatic heterocycles. The van der Waals surface area contributed by atoms with Gasteiger partial charge in [-0.15, -0.1) is 0 Å². The number of carboxylic acids is 1.